The first-order chi connectivity index (χ1) is 12.1. The number of carbonyl (C=O) groups is 1. The molecule has 5 nitrogen and oxygen atoms in total. The minimum Gasteiger partial charge on any atom is -0.342 e. The Morgan fingerprint density at radius 2 is 2.04 bits per heavy atom. The molecular weight excluding hydrogens is 339 g/mol. The van der Waals surface area contributed by atoms with Crippen LogP contribution in [-0.2, 0) is 13.0 Å². The molecule has 0 bridgehead atoms. The molecule has 0 saturated carbocycles. The molecule has 0 saturated heterocycles. The van der Waals surface area contributed by atoms with E-state index in [4.69, 9.17) is 0 Å². The van der Waals surface area contributed by atoms with Gasteiger partial charge in [-0.1, -0.05) is 12.1 Å². The van der Waals surface area contributed by atoms with Crippen molar-refractivity contribution < 1.29 is 9.18 Å². The van der Waals surface area contributed by atoms with Gasteiger partial charge in [-0.2, -0.15) is 0 Å². The van der Waals surface area contributed by atoms with Crippen molar-refractivity contribution in [2.75, 3.05) is 0 Å². The van der Waals surface area contributed by atoms with Crippen LogP contribution < -0.4 is 5.32 Å². The maximum atomic E-state index is 13.0. The van der Waals surface area contributed by atoms with E-state index in [1.54, 1.807) is 18.2 Å². The number of carbonyl (C=O) groups excluding carboxylic acids is 1. The van der Waals surface area contributed by atoms with Crippen LogP contribution in [0.3, 0.4) is 0 Å². The highest BCUT2D eigenvalue weighted by Gasteiger charge is 2.23. The van der Waals surface area contributed by atoms with Gasteiger partial charge in [0, 0.05) is 17.8 Å². The number of aromatic nitrogens is 3. The Morgan fingerprint density at radius 3 is 2.84 bits per heavy atom. The maximum absolute atomic E-state index is 13.0. The molecule has 1 unspecified atom stereocenters. The van der Waals surface area contributed by atoms with Gasteiger partial charge in [-0.25, -0.2) is 4.39 Å². The third-order valence-electron chi connectivity index (χ3n) is 4.33. The Bertz CT molecular complexity index is 916. The van der Waals surface area contributed by atoms with Gasteiger partial charge in [0.25, 0.3) is 5.91 Å². The van der Waals surface area contributed by atoms with Gasteiger partial charge >= 0.3 is 0 Å². The van der Waals surface area contributed by atoms with Crippen LogP contribution in [0, 0.1) is 5.82 Å². The van der Waals surface area contributed by atoms with E-state index in [0.717, 1.165) is 41.5 Å². The molecule has 1 atom stereocenters. The molecule has 1 amide bonds. The van der Waals surface area contributed by atoms with Gasteiger partial charge in [-0.05, 0) is 43.2 Å². The van der Waals surface area contributed by atoms with Gasteiger partial charge in [-0.15, -0.1) is 21.5 Å². The van der Waals surface area contributed by atoms with Crippen LogP contribution in [0.1, 0.15) is 40.7 Å². The lowest BCUT2D eigenvalue weighted by atomic mass is 10.2. The quantitative estimate of drug-likeness (QED) is 0.777. The van der Waals surface area contributed by atoms with Gasteiger partial charge in [0.05, 0.1) is 10.9 Å². The molecule has 1 aliphatic heterocycles. The fraction of sp³-hybridized carbons (Fsp3) is 0.278. The second kappa shape index (κ2) is 6.40. The topological polar surface area (TPSA) is 59.8 Å². The summed E-state index contributed by atoms with van der Waals surface area (Å²) in [4.78, 5) is 14.1. The Kier molecular flexibility index (Phi) is 4.09. The van der Waals surface area contributed by atoms with Crippen LogP contribution >= 0.6 is 11.3 Å². The first-order valence-electron chi connectivity index (χ1n) is 8.20. The van der Waals surface area contributed by atoms with Gasteiger partial charge in [0.2, 0.25) is 0 Å². The van der Waals surface area contributed by atoms with E-state index in [0.29, 0.717) is 4.88 Å². The molecule has 2 aromatic heterocycles. The first-order valence-corrected chi connectivity index (χ1v) is 9.02. The van der Waals surface area contributed by atoms with Crippen LogP contribution in [0.5, 0.6) is 0 Å². The monoisotopic (exact) mass is 356 g/mol. The van der Waals surface area contributed by atoms with Crippen molar-refractivity contribution in [3.8, 4) is 10.4 Å². The fourth-order valence-electron chi connectivity index (χ4n) is 3.05. The van der Waals surface area contributed by atoms with Crippen LogP contribution in [-0.4, -0.2) is 20.7 Å². The van der Waals surface area contributed by atoms with E-state index in [1.165, 1.54) is 23.5 Å². The Balaban J connectivity index is 1.49. The lowest BCUT2D eigenvalue weighted by molar-refractivity contribution is 0.0941. The Morgan fingerprint density at radius 1 is 1.24 bits per heavy atom. The van der Waals surface area contributed by atoms with E-state index in [9.17, 15) is 9.18 Å². The predicted molar refractivity (Wildman–Crippen MR) is 93.9 cm³/mol. The molecule has 25 heavy (non-hydrogen) atoms. The number of fused-ring (bicyclic) bond motifs is 1. The van der Waals surface area contributed by atoms with Gasteiger partial charge in [0.15, 0.2) is 5.82 Å². The number of amides is 1. The largest absolute Gasteiger partial charge is 0.342 e. The van der Waals surface area contributed by atoms with Crippen molar-refractivity contribution in [1.82, 2.24) is 20.1 Å². The normalized spacial score (nSPS) is 14.3. The van der Waals surface area contributed by atoms with Crippen molar-refractivity contribution in [1.29, 1.82) is 0 Å². The molecule has 0 aliphatic carbocycles. The molecule has 128 valence electrons. The van der Waals surface area contributed by atoms with Gasteiger partial charge < -0.3 is 9.88 Å². The zero-order chi connectivity index (χ0) is 17.4. The third kappa shape index (κ3) is 3.07. The average molecular weight is 356 g/mol. The number of nitrogens with one attached hydrogen (secondary N) is 1. The van der Waals surface area contributed by atoms with Crippen molar-refractivity contribution in [2.45, 2.75) is 32.4 Å². The second-order valence-electron chi connectivity index (χ2n) is 6.10. The van der Waals surface area contributed by atoms with Crippen LogP contribution in [0.4, 0.5) is 4.39 Å². The summed E-state index contributed by atoms with van der Waals surface area (Å²) in [6.07, 6.45) is 2.02. The first kappa shape index (κ1) is 16.0. The summed E-state index contributed by atoms with van der Waals surface area (Å²) < 4.78 is 15.1. The number of hydrogen-bond donors (Lipinski definition) is 1. The highest BCUT2D eigenvalue weighted by Crippen LogP contribution is 2.28. The lowest BCUT2D eigenvalue weighted by Crippen LogP contribution is -2.28. The molecule has 1 aromatic carbocycles. The predicted octanol–water partition coefficient (Wildman–Crippen LogP) is 3.58. The molecule has 7 heteroatoms. The molecule has 3 heterocycles. The molecule has 1 N–H and O–H groups in total. The molecule has 0 fully saturated rings. The third-order valence-corrected chi connectivity index (χ3v) is 5.46. The van der Waals surface area contributed by atoms with Crippen molar-refractivity contribution in [3.63, 3.8) is 0 Å². The Labute approximate surface area is 148 Å². The number of halogens is 1. The minimum absolute atomic E-state index is 0.138. The Hall–Kier alpha value is -2.54. The number of rotatable bonds is 4. The summed E-state index contributed by atoms with van der Waals surface area (Å²) in [6.45, 7) is 2.83. The van der Waals surface area contributed by atoms with E-state index in [-0.39, 0.29) is 17.8 Å². The van der Waals surface area contributed by atoms with E-state index < -0.39 is 0 Å². The summed E-state index contributed by atoms with van der Waals surface area (Å²) in [7, 11) is 0. The number of thiophene rings is 1. The van der Waals surface area contributed by atoms with Gasteiger partial charge in [-0.3, -0.25) is 4.79 Å². The van der Waals surface area contributed by atoms with E-state index >= 15 is 0 Å². The van der Waals surface area contributed by atoms with Crippen LogP contribution in [0.2, 0.25) is 0 Å². The summed E-state index contributed by atoms with van der Waals surface area (Å²) in [5.74, 6) is 1.39. The smallest absolute Gasteiger partial charge is 0.261 e. The molecule has 1 aliphatic rings. The molecule has 0 radical (unpaired) electrons. The number of hydrogen-bond acceptors (Lipinski definition) is 4. The summed E-state index contributed by atoms with van der Waals surface area (Å²) in [5.41, 5.74) is 0.897. The second-order valence-corrected chi connectivity index (χ2v) is 7.18. The summed E-state index contributed by atoms with van der Waals surface area (Å²) in [6, 6.07) is 9.73. The average Bonchev–Trinajstić information content (AvgIpc) is 3.31. The lowest BCUT2D eigenvalue weighted by Gasteiger charge is -2.13. The van der Waals surface area contributed by atoms with Crippen molar-refractivity contribution >= 4 is 17.2 Å². The minimum atomic E-state index is -0.270. The van der Waals surface area contributed by atoms with Gasteiger partial charge in [0.1, 0.15) is 11.6 Å². The highest BCUT2D eigenvalue weighted by atomic mass is 32.1. The fourth-order valence-corrected chi connectivity index (χ4v) is 3.97. The van der Waals surface area contributed by atoms with Crippen molar-refractivity contribution in [3.05, 3.63) is 58.7 Å². The molecule has 0 spiro atoms. The summed E-state index contributed by atoms with van der Waals surface area (Å²) >= 11 is 1.39. The number of benzene rings is 1. The van der Waals surface area contributed by atoms with E-state index in [1.807, 2.05) is 13.0 Å². The van der Waals surface area contributed by atoms with Crippen LogP contribution in [0.25, 0.3) is 10.4 Å². The van der Waals surface area contributed by atoms with Crippen molar-refractivity contribution in [2.24, 2.45) is 0 Å². The molecular formula is C18H17FN4OS. The SMILES string of the molecule is CC(NC(=O)c1ccc(-c2ccc(F)cc2)s1)c1nnc2n1CCC2. The van der Waals surface area contributed by atoms with E-state index in [2.05, 4.69) is 20.1 Å². The standard InChI is InChI=1S/C18H17FN4OS/c1-11(17-22-21-16-3-2-10-23(16)17)20-18(24)15-9-8-14(25-15)12-4-6-13(19)7-5-12/h4-9,11H,2-3,10H2,1H3,(H,20,24). The highest BCUT2D eigenvalue weighted by molar-refractivity contribution is 7.17. The number of nitrogens with zero attached hydrogens (tertiary/aromatic N) is 3. The zero-order valence-electron chi connectivity index (χ0n) is 13.7. The molecule has 4 rings (SSSR count). The zero-order valence-corrected chi connectivity index (χ0v) is 14.5. The maximum Gasteiger partial charge on any atom is 0.261 e. The number of aryl methyl sites for hydroxylation is 1. The molecule has 3 aromatic rings. The summed E-state index contributed by atoms with van der Waals surface area (Å²) in [5, 5.41) is 11.4. The van der Waals surface area contributed by atoms with Crippen LogP contribution in [0.15, 0.2) is 36.4 Å².